The average Bonchev–Trinajstić information content (AvgIpc) is 2.93. The highest BCUT2D eigenvalue weighted by Crippen LogP contribution is 2.29. The Morgan fingerprint density at radius 2 is 1.63 bits per heavy atom. The molecule has 2 fully saturated rings. The molecule has 0 aromatic carbocycles. The molecule has 0 heterocycles. The summed E-state index contributed by atoms with van der Waals surface area (Å²) < 4.78 is 0. The molecule has 0 bridgehead atoms. The summed E-state index contributed by atoms with van der Waals surface area (Å²) in [6.07, 6.45) is 13.2. The molecular weight excluding hydrogens is 232 g/mol. The van der Waals surface area contributed by atoms with E-state index in [9.17, 15) is 0 Å². The molecule has 2 heteroatoms. The van der Waals surface area contributed by atoms with Crippen molar-refractivity contribution in [2.45, 2.75) is 70.8 Å². The predicted octanol–water partition coefficient (Wildman–Crippen LogP) is 3.67. The van der Waals surface area contributed by atoms with Crippen LogP contribution in [0.4, 0.5) is 0 Å². The Morgan fingerprint density at radius 3 is 2.26 bits per heavy atom. The second-order valence-electron chi connectivity index (χ2n) is 6.93. The molecule has 2 saturated carbocycles. The summed E-state index contributed by atoms with van der Waals surface area (Å²) in [5.41, 5.74) is 0. The van der Waals surface area contributed by atoms with Gasteiger partial charge in [-0.2, -0.15) is 0 Å². The summed E-state index contributed by atoms with van der Waals surface area (Å²) in [5.74, 6) is 1.92. The minimum absolute atomic E-state index is 0.737. The van der Waals surface area contributed by atoms with E-state index in [0.29, 0.717) is 0 Å². The van der Waals surface area contributed by atoms with Gasteiger partial charge < -0.3 is 10.2 Å². The molecular formula is C17H34N2. The highest BCUT2D eigenvalue weighted by atomic mass is 15.1. The Kier molecular flexibility index (Phi) is 6.66. The van der Waals surface area contributed by atoms with Crippen molar-refractivity contribution in [3.63, 3.8) is 0 Å². The molecule has 1 N–H and O–H groups in total. The van der Waals surface area contributed by atoms with Gasteiger partial charge in [-0.1, -0.05) is 39.0 Å². The predicted molar refractivity (Wildman–Crippen MR) is 83.5 cm³/mol. The summed E-state index contributed by atoms with van der Waals surface area (Å²) in [5, 5.41) is 3.75. The minimum Gasteiger partial charge on any atom is -0.313 e. The zero-order chi connectivity index (χ0) is 13.5. The first kappa shape index (κ1) is 15.3. The maximum Gasteiger partial charge on any atom is 0.0222 e. The van der Waals surface area contributed by atoms with E-state index < -0.39 is 0 Å². The van der Waals surface area contributed by atoms with Crippen LogP contribution < -0.4 is 5.32 Å². The molecule has 0 amide bonds. The molecule has 19 heavy (non-hydrogen) atoms. The molecule has 2 aliphatic rings. The fourth-order valence-corrected chi connectivity index (χ4v) is 4.22. The van der Waals surface area contributed by atoms with E-state index >= 15 is 0 Å². The van der Waals surface area contributed by atoms with Crippen LogP contribution in [-0.2, 0) is 0 Å². The number of nitrogens with one attached hydrogen (secondary N) is 1. The first-order valence-corrected chi connectivity index (χ1v) is 8.71. The van der Waals surface area contributed by atoms with E-state index in [1.165, 1.54) is 70.9 Å². The second-order valence-corrected chi connectivity index (χ2v) is 6.93. The molecule has 0 aromatic heterocycles. The Balaban J connectivity index is 1.74. The van der Waals surface area contributed by atoms with Crippen molar-refractivity contribution in [1.82, 2.24) is 10.2 Å². The first-order chi connectivity index (χ1) is 9.29. The third-order valence-electron chi connectivity index (χ3n) is 5.24. The Labute approximate surface area is 120 Å². The molecule has 1 atom stereocenters. The fourth-order valence-electron chi connectivity index (χ4n) is 4.22. The molecule has 0 aliphatic heterocycles. The van der Waals surface area contributed by atoms with E-state index in [4.69, 9.17) is 0 Å². The van der Waals surface area contributed by atoms with Gasteiger partial charge in [0.05, 0.1) is 0 Å². The third kappa shape index (κ3) is 5.07. The summed E-state index contributed by atoms with van der Waals surface area (Å²) in [6, 6.07) is 0.737. The lowest BCUT2D eigenvalue weighted by Gasteiger charge is -2.32. The van der Waals surface area contributed by atoms with Crippen molar-refractivity contribution in [3.8, 4) is 0 Å². The lowest BCUT2D eigenvalue weighted by atomic mass is 9.88. The molecule has 0 radical (unpaired) electrons. The number of hydrogen-bond donors (Lipinski definition) is 1. The fraction of sp³-hybridized carbons (Fsp3) is 1.00. The minimum atomic E-state index is 0.737. The van der Waals surface area contributed by atoms with E-state index in [1.54, 1.807) is 0 Å². The summed E-state index contributed by atoms with van der Waals surface area (Å²) in [4.78, 5) is 2.61. The van der Waals surface area contributed by atoms with Crippen LogP contribution in [-0.4, -0.2) is 37.6 Å². The van der Waals surface area contributed by atoms with Crippen LogP contribution in [0.2, 0.25) is 0 Å². The SMILES string of the molecule is CCNC(CN(C)CC1CCCCC1)C1CCCC1. The van der Waals surface area contributed by atoms with E-state index in [0.717, 1.165) is 24.4 Å². The van der Waals surface area contributed by atoms with Gasteiger partial charge in [-0.15, -0.1) is 0 Å². The summed E-state index contributed by atoms with van der Waals surface area (Å²) in [7, 11) is 2.34. The average molecular weight is 266 g/mol. The molecule has 2 nitrogen and oxygen atoms in total. The maximum atomic E-state index is 3.75. The van der Waals surface area contributed by atoms with Crippen molar-refractivity contribution in [3.05, 3.63) is 0 Å². The van der Waals surface area contributed by atoms with Crippen molar-refractivity contribution in [2.24, 2.45) is 11.8 Å². The first-order valence-electron chi connectivity index (χ1n) is 8.71. The van der Waals surface area contributed by atoms with Gasteiger partial charge in [0.15, 0.2) is 0 Å². The van der Waals surface area contributed by atoms with Crippen LogP contribution >= 0.6 is 0 Å². The summed E-state index contributed by atoms with van der Waals surface area (Å²) >= 11 is 0. The van der Waals surface area contributed by atoms with Crippen LogP contribution in [0.3, 0.4) is 0 Å². The van der Waals surface area contributed by atoms with Crippen molar-refractivity contribution in [1.29, 1.82) is 0 Å². The van der Waals surface area contributed by atoms with E-state index in [1.807, 2.05) is 0 Å². The van der Waals surface area contributed by atoms with Crippen molar-refractivity contribution in [2.75, 3.05) is 26.7 Å². The summed E-state index contributed by atoms with van der Waals surface area (Å²) in [6.45, 7) is 5.96. The van der Waals surface area contributed by atoms with Gasteiger partial charge in [-0.05, 0) is 51.1 Å². The smallest absolute Gasteiger partial charge is 0.0222 e. The maximum absolute atomic E-state index is 3.75. The van der Waals surface area contributed by atoms with E-state index in [2.05, 4.69) is 24.2 Å². The van der Waals surface area contributed by atoms with Gasteiger partial charge >= 0.3 is 0 Å². The van der Waals surface area contributed by atoms with Crippen LogP contribution in [0, 0.1) is 11.8 Å². The Hall–Kier alpha value is -0.0800. The molecule has 2 rings (SSSR count). The van der Waals surface area contributed by atoms with Gasteiger partial charge in [0.1, 0.15) is 0 Å². The van der Waals surface area contributed by atoms with Crippen LogP contribution in [0.15, 0.2) is 0 Å². The molecule has 0 saturated heterocycles. The number of rotatable bonds is 7. The second kappa shape index (κ2) is 8.26. The van der Waals surface area contributed by atoms with Crippen molar-refractivity contribution >= 4 is 0 Å². The number of hydrogen-bond acceptors (Lipinski definition) is 2. The molecule has 112 valence electrons. The third-order valence-corrected chi connectivity index (χ3v) is 5.24. The Morgan fingerprint density at radius 1 is 1.00 bits per heavy atom. The van der Waals surface area contributed by atoms with Gasteiger partial charge in [0, 0.05) is 19.1 Å². The number of nitrogens with zero attached hydrogens (tertiary/aromatic N) is 1. The molecule has 0 spiro atoms. The monoisotopic (exact) mass is 266 g/mol. The standard InChI is InChI=1S/C17H34N2/c1-3-18-17(16-11-7-8-12-16)14-19(2)13-15-9-5-4-6-10-15/h15-18H,3-14H2,1-2H3. The zero-order valence-electron chi connectivity index (χ0n) is 13.2. The molecule has 0 aromatic rings. The van der Waals surface area contributed by atoms with E-state index in [-0.39, 0.29) is 0 Å². The van der Waals surface area contributed by atoms with Gasteiger partial charge in [-0.3, -0.25) is 0 Å². The Bertz CT molecular complexity index is 229. The topological polar surface area (TPSA) is 15.3 Å². The highest BCUT2D eigenvalue weighted by Gasteiger charge is 2.26. The van der Waals surface area contributed by atoms with Gasteiger partial charge in [-0.25, -0.2) is 0 Å². The highest BCUT2D eigenvalue weighted by molar-refractivity contribution is 4.83. The number of likely N-dealkylation sites (N-methyl/N-ethyl adjacent to an activating group) is 2. The largest absolute Gasteiger partial charge is 0.313 e. The lowest BCUT2D eigenvalue weighted by molar-refractivity contribution is 0.195. The van der Waals surface area contributed by atoms with Crippen LogP contribution in [0.1, 0.15) is 64.7 Å². The molecule has 1 unspecified atom stereocenters. The molecule has 2 aliphatic carbocycles. The van der Waals surface area contributed by atoms with Crippen LogP contribution in [0.25, 0.3) is 0 Å². The van der Waals surface area contributed by atoms with Crippen molar-refractivity contribution < 1.29 is 0 Å². The lowest BCUT2D eigenvalue weighted by Crippen LogP contribution is -2.45. The zero-order valence-corrected chi connectivity index (χ0v) is 13.2. The van der Waals surface area contributed by atoms with Gasteiger partial charge in [0.2, 0.25) is 0 Å². The van der Waals surface area contributed by atoms with Crippen LogP contribution in [0.5, 0.6) is 0 Å². The quantitative estimate of drug-likeness (QED) is 0.756. The normalized spacial score (nSPS) is 24.2. The van der Waals surface area contributed by atoms with Gasteiger partial charge in [0.25, 0.3) is 0 Å².